The Labute approximate surface area is 111 Å². The Morgan fingerprint density at radius 2 is 2.26 bits per heavy atom. The lowest BCUT2D eigenvalue weighted by molar-refractivity contribution is -0.122. The van der Waals surface area contributed by atoms with Crippen LogP contribution in [-0.4, -0.2) is 24.1 Å². The van der Waals surface area contributed by atoms with E-state index >= 15 is 0 Å². The number of nitrogens with two attached hydrogens (primary N) is 1. The minimum atomic E-state index is -0.927. The molecule has 104 valence electrons. The fourth-order valence-electron chi connectivity index (χ4n) is 2.02. The van der Waals surface area contributed by atoms with Crippen LogP contribution >= 0.6 is 0 Å². The predicted octanol–water partition coefficient (Wildman–Crippen LogP) is 1.63. The van der Waals surface area contributed by atoms with Crippen LogP contribution in [0.3, 0.4) is 0 Å². The van der Waals surface area contributed by atoms with Crippen LogP contribution < -0.4 is 10.5 Å². The number of aliphatic hydroxyl groups excluding tert-OH is 1. The number of ether oxygens (including phenoxy) is 3. The number of aliphatic hydroxyl groups is 1. The molecule has 0 aromatic heterocycles. The van der Waals surface area contributed by atoms with Crippen molar-refractivity contribution in [1.82, 2.24) is 0 Å². The molecule has 0 saturated carbocycles. The number of amides is 1. The maximum absolute atomic E-state index is 10.5. The molecule has 1 heterocycles. The highest BCUT2D eigenvalue weighted by Crippen LogP contribution is 2.35. The third kappa shape index (κ3) is 3.15. The average Bonchev–Trinajstić information content (AvgIpc) is 2.35. The van der Waals surface area contributed by atoms with Gasteiger partial charge in [-0.3, -0.25) is 0 Å². The monoisotopic (exact) mass is 267 g/mol. The van der Waals surface area contributed by atoms with Crippen molar-refractivity contribution < 1.29 is 24.1 Å². The van der Waals surface area contributed by atoms with Gasteiger partial charge in [0.1, 0.15) is 18.5 Å². The summed E-state index contributed by atoms with van der Waals surface area (Å²) >= 11 is 0. The normalized spacial score (nSPS) is 23.1. The molecule has 6 nitrogen and oxygen atoms in total. The highest BCUT2D eigenvalue weighted by molar-refractivity contribution is 5.64. The van der Waals surface area contributed by atoms with Crippen LogP contribution in [0.15, 0.2) is 18.2 Å². The fourth-order valence-corrected chi connectivity index (χ4v) is 2.02. The van der Waals surface area contributed by atoms with Gasteiger partial charge < -0.3 is 25.1 Å². The second-order valence-corrected chi connectivity index (χ2v) is 4.41. The number of hydrogen-bond acceptors (Lipinski definition) is 5. The van der Waals surface area contributed by atoms with E-state index in [1.807, 2.05) is 13.8 Å². The van der Waals surface area contributed by atoms with Gasteiger partial charge in [-0.15, -0.1) is 0 Å². The highest BCUT2D eigenvalue weighted by Gasteiger charge is 2.24. The van der Waals surface area contributed by atoms with Crippen LogP contribution in [0.5, 0.6) is 5.75 Å². The standard InChI is InChI=1S/C13H17NO5/c1-7-10-5-9(11(15)6-17-13(14)16)3-4-12(10)19-8(2)18-7/h3-5,7-8,11,15H,6H2,1-2H3,(H2,14,16). The molecule has 0 spiro atoms. The minimum absolute atomic E-state index is 0.122. The SMILES string of the molecule is CC1Oc2ccc(C(O)COC(N)=O)cc2C(C)O1. The smallest absolute Gasteiger partial charge is 0.404 e. The van der Waals surface area contributed by atoms with E-state index in [1.54, 1.807) is 18.2 Å². The van der Waals surface area contributed by atoms with Gasteiger partial charge in [0, 0.05) is 5.56 Å². The highest BCUT2D eigenvalue weighted by atomic mass is 16.7. The van der Waals surface area contributed by atoms with Gasteiger partial charge in [0.05, 0.1) is 6.10 Å². The Kier molecular flexibility index (Phi) is 3.92. The number of carbonyl (C=O) groups excluding carboxylic acids is 1. The number of fused-ring (bicyclic) bond motifs is 1. The van der Waals surface area contributed by atoms with Gasteiger partial charge in [0.25, 0.3) is 0 Å². The van der Waals surface area contributed by atoms with Crippen LogP contribution in [0.25, 0.3) is 0 Å². The van der Waals surface area contributed by atoms with Crippen molar-refractivity contribution in [2.24, 2.45) is 5.73 Å². The van der Waals surface area contributed by atoms with Gasteiger partial charge in [-0.05, 0) is 31.5 Å². The molecule has 6 heteroatoms. The summed E-state index contributed by atoms with van der Waals surface area (Å²) in [7, 11) is 0. The Morgan fingerprint density at radius 3 is 2.95 bits per heavy atom. The minimum Gasteiger partial charge on any atom is -0.465 e. The molecule has 19 heavy (non-hydrogen) atoms. The maximum atomic E-state index is 10.5. The number of benzene rings is 1. The van der Waals surface area contributed by atoms with E-state index in [9.17, 15) is 9.90 Å². The molecule has 1 aromatic carbocycles. The van der Waals surface area contributed by atoms with Crippen molar-refractivity contribution >= 4 is 6.09 Å². The topological polar surface area (TPSA) is 91.0 Å². The van der Waals surface area contributed by atoms with E-state index in [0.717, 1.165) is 11.3 Å². The molecule has 1 aliphatic rings. The molecule has 3 N–H and O–H groups in total. The molecule has 0 radical (unpaired) electrons. The third-order valence-corrected chi connectivity index (χ3v) is 2.93. The van der Waals surface area contributed by atoms with Crippen LogP contribution in [0.2, 0.25) is 0 Å². The zero-order valence-electron chi connectivity index (χ0n) is 10.8. The van der Waals surface area contributed by atoms with E-state index < -0.39 is 12.2 Å². The van der Waals surface area contributed by atoms with E-state index in [2.05, 4.69) is 4.74 Å². The van der Waals surface area contributed by atoms with Crippen molar-refractivity contribution in [3.8, 4) is 5.75 Å². The van der Waals surface area contributed by atoms with Crippen LogP contribution in [0, 0.1) is 0 Å². The Morgan fingerprint density at radius 1 is 1.53 bits per heavy atom. The molecule has 0 bridgehead atoms. The summed E-state index contributed by atoms with van der Waals surface area (Å²) in [6, 6.07) is 5.27. The largest absolute Gasteiger partial charge is 0.465 e. The molecular formula is C13H17NO5. The molecule has 0 saturated heterocycles. The lowest BCUT2D eigenvalue weighted by Crippen LogP contribution is -2.25. The maximum Gasteiger partial charge on any atom is 0.404 e. The summed E-state index contributed by atoms with van der Waals surface area (Å²) in [6.45, 7) is 3.55. The Balaban J connectivity index is 2.16. The van der Waals surface area contributed by atoms with Crippen molar-refractivity contribution in [3.05, 3.63) is 29.3 Å². The average molecular weight is 267 g/mol. The molecular weight excluding hydrogens is 250 g/mol. The van der Waals surface area contributed by atoms with Crippen LogP contribution in [-0.2, 0) is 9.47 Å². The first kappa shape index (κ1) is 13.6. The van der Waals surface area contributed by atoms with Gasteiger partial charge >= 0.3 is 6.09 Å². The number of hydrogen-bond donors (Lipinski definition) is 2. The summed E-state index contributed by atoms with van der Waals surface area (Å²) < 4.78 is 15.6. The van der Waals surface area contributed by atoms with Crippen molar-refractivity contribution in [2.45, 2.75) is 32.3 Å². The van der Waals surface area contributed by atoms with Crippen molar-refractivity contribution in [2.75, 3.05) is 6.61 Å². The molecule has 1 aromatic rings. The molecule has 3 atom stereocenters. The van der Waals surface area contributed by atoms with E-state index in [0.29, 0.717) is 5.56 Å². The first-order valence-electron chi connectivity index (χ1n) is 6.03. The third-order valence-electron chi connectivity index (χ3n) is 2.93. The van der Waals surface area contributed by atoms with Crippen LogP contribution in [0.1, 0.15) is 37.2 Å². The Hall–Kier alpha value is -1.79. The summed E-state index contributed by atoms with van der Waals surface area (Å²) in [6.07, 6.45) is -2.25. The van der Waals surface area contributed by atoms with Gasteiger partial charge in [0.2, 0.25) is 0 Å². The lowest BCUT2D eigenvalue weighted by atomic mass is 10.0. The lowest BCUT2D eigenvalue weighted by Gasteiger charge is -2.29. The molecule has 2 rings (SSSR count). The van der Waals surface area contributed by atoms with Gasteiger partial charge in [-0.1, -0.05) is 6.07 Å². The number of carbonyl (C=O) groups is 1. The first-order valence-corrected chi connectivity index (χ1v) is 6.03. The second-order valence-electron chi connectivity index (χ2n) is 4.41. The number of primary amides is 1. The fraction of sp³-hybridized carbons (Fsp3) is 0.462. The van der Waals surface area contributed by atoms with E-state index in [1.165, 1.54) is 0 Å². The summed E-state index contributed by atoms with van der Waals surface area (Å²) in [5.74, 6) is 0.734. The number of rotatable bonds is 3. The predicted molar refractivity (Wildman–Crippen MR) is 66.5 cm³/mol. The van der Waals surface area contributed by atoms with Gasteiger partial charge in [0.15, 0.2) is 6.29 Å². The van der Waals surface area contributed by atoms with E-state index in [4.69, 9.17) is 15.2 Å². The van der Waals surface area contributed by atoms with Crippen molar-refractivity contribution in [3.63, 3.8) is 0 Å². The van der Waals surface area contributed by atoms with Crippen LogP contribution in [0.4, 0.5) is 4.79 Å². The molecule has 0 fully saturated rings. The first-order chi connectivity index (χ1) is 8.97. The second kappa shape index (κ2) is 5.46. The summed E-state index contributed by atoms with van der Waals surface area (Å²) in [5.41, 5.74) is 6.33. The van der Waals surface area contributed by atoms with Crippen molar-refractivity contribution in [1.29, 1.82) is 0 Å². The van der Waals surface area contributed by atoms with E-state index in [-0.39, 0.29) is 19.0 Å². The summed E-state index contributed by atoms with van der Waals surface area (Å²) in [5, 5.41) is 9.89. The quantitative estimate of drug-likeness (QED) is 0.868. The summed E-state index contributed by atoms with van der Waals surface area (Å²) in [4.78, 5) is 10.5. The van der Waals surface area contributed by atoms with Gasteiger partial charge in [-0.25, -0.2) is 4.79 Å². The zero-order chi connectivity index (χ0) is 14.0. The van der Waals surface area contributed by atoms with Gasteiger partial charge in [-0.2, -0.15) is 0 Å². The molecule has 1 aliphatic heterocycles. The molecule has 1 amide bonds. The zero-order valence-corrected chi connectivity index (χ0v) is 10.8. The molecule has 3 unspecified atom stereocenters. The molecule has 0 aliphatic carbocycles. The Bertz CT molecular complexity index is 476.